The normalized spacial score (nSPS) is 33.0. The molecule has 0 amide bonds. The van der Waals surface area contributed by atoms with Gasteiger partial charge in [0.1, 0.15) is 11.9 Å². The molecule has 5 atom stereocenters. The lowest BCUT2D eigenvalue weighted by Crippen LogP contribution is -2.40. The molecule has 0 bridgehead atoms. The number of carbonyl (C=O) groups excluding carboxylic acids is 1. The third-order valence-electron chi connectivity index (χ3n) is 7.32. The topological polar surface area (TPSA) is 42.7 Å². The molecule has 2 aliphatic carbocycles. The Hall–Kier alpha value is -1.81. The molecule has 4 nitrogen and oxygen atoms in total. The van der Waals surface area contributed by atoms with E-state index in [1.165, 1.54) is 11.1 Å². The Morgan fingerprint density at radius 2 is 2.21 bits per heavy atom. The van der Waals surface area contributed by atoms with Crippen LogP contribution in [0.3, 0.4) is 0 Å². The molecule has 0 N–H and O–H groups in total. The molecule has 1 aromatic rings. The highest BCUT2D eigenvalue weighted by Crippen LogP contribution is 2.52. The van der Waals surface area contributed by atoms with E-state index in [9.17, 15) is 4.79 Å². The molecule has 3 aliphatic rings. The lowest BCUT2D eigenvalue weighted by molar-refractivity contribution is -0.145. The van der Waals surface area contributed by atoms with E-state index >= 15 is 0 Å². The van der Waals surface area contributed by atoms with Crippen LogP contribution in [-0.2, 0) is 16.0 Å². The predicted molar refractivity (Wildman–Crippen MR) is 110 cm³/mol. The molecule has 0 radical (unpaired) electrons. The van der Waals surface area contributed by atoms with Crippen LogP contribution in [0.1, 0.15) is 52.2 Å². The van der Waals surface area contributed by atoms with Gasteiger partial charge in [0.2, 0.25) is 0 Å². The van der Waals surface area contributed by atoms with Gasteiger partial charge in [-0.25, -0.2) is 0 Å². The number of hydrogen-bond acceptors (Lipinski definition) is 4. The third kappa shape index (κ3) is 3.59. The van der Waals surface area contributed by atoms with Gasteiger partial charge in [-0.05, 0) is 69.7 Å². The second-order valence-electron chi connectivity index (χ2n) is 9.34. The number of fused-ring (bicyclic) bond motifs is 2. The average Bonchev–Trinajstić information content (AvgIpc) is 3.26. The van der Waals surface area contributed by atoms with Gasteiger partial charge in [0.25, 0.3) is 0 Å². The van der Waals surface area contributed by atoms with Crippen LogP contribution in [0.5, 0.6) is 0 Å². The molecule has 0 spiro atoms. The van der Waals surface area contributed by atoms with Gasteiger partial charge in [0, 0.05) is 24.9 Å². The lowest BCUT2D eigenvalue weighted by Gasteiger charge is -2.43. The van der Waals surface area contributed by atoms with Gasteiger partial charge in [-0.2, -0.15) is 0 Å². The summed E-state index contributed by atoms with van der Waals surface area (Å²) in [6, 6.07) is 4.34. The van der Waals surface area contributed by atoms with Crippen molar-refractivity contribution in [2.24, 2.45) is 17.3 Å². The number of aryl methyl sites for hydroxylation is 1. The number of rotatable bonds is 6. The largest absolute Gasteiger partial charge is 0.469 e. The highest BCUT2D eigenvalue weighted by atomic mass is 16.6. The van der Waals surface area contributed by atoms with E-state index in [1.54, 1.807) is 6.26 Å². The minimum Gasteiger partial charge on any atom is -0.469 e. The average molecular weight is 384 g/mol. The fourth-order valence-corrected chi connectivity index (χ4v) is 5.35. The molecule has 1 aromatic heterocycles. The molecule has 0 aromatic carbocycles. The molecule has 0 saturated carbocycles. The smallest absolute Gasteiger partial charge is 0.311 e. The number of esters is 1. The van der Waals surface area contributed by atoms with Gasteiger partial charge >= 0.3 is 5.97 Å². The number of carbonyl (C=O) groups is 1. The predicted octanol–water partition coefficient (Wildman–Crippen LogP) is 4.77. The van der Waals surface area contributed by atoms with E-state index in [4.69, 9.17) is 9.15 Å². The SMILES string of the molecule is CC1=CCCC2(C)CC3OC(=O)C(CN(C)C(C)CCc4ccco4)C3C=C12. The second kappa shape index (κ2) is 7.55. The summed E-state index contributed by atoms with van der Waals surface area (Å²) in [5.74, 6) is 1.15. The van der Waals surface area contributed by atoms with Crippen LogP contribution >= 0.6 is 0 Å². The van der Waals surface area contributed by atoms with Crippen molar-refractivity contribution >= 4 is 5.97 Å². The van der Waals surface area contributed by atoms with Gasteiger partial charge in [0.15, 0.2) is 0 Å². The first kappa shape index (κ1) is 19.5. The molecule has 1 aliphatic heterocycles. The Balaban J connectivity index is 1.45. The lowest BCUT2D eigenvalue weighted by atomic mass is 9.62. The molecule has 152 valence electrons. The van der Waals surface area contributed by atoms with Crippen molar-refractivity contribution in [3.63, 3.8) is 0 Å². The van der Waals surface area contributed by atoms with Crippen molar-refractivity contribution < 1.29 is 13.9 Å². The van der Waals surface area contributed by atoms with Gasteiger partial charge in [-0.3, -0.25) is 4.79 Å². The van der Waals surface area contributed by atoms with Crippen molar-refractivity contribution in [1.82, 2.24) is 4.90 Å². The first-order valence-corrected chi connectivity index (χ1v) is 10.7. The van der Waals surface area contributed by atoms with Crippen LogP contribution < -0.4 is 0 Å². The third-order valence-corrected chi connectivity index (χ3v) is 7.32. The van der Waals surface area contributed by atoms with Crippen LogP contribution in [0.25, 0.3) is 0 Å². The Kier molecular flexibility index (Phi) is 5.26. The van der Waals surface area contributed by atoms with Gasteiger partial charge < -0.3 is 14.1 Å². The fraction of sp³-hybridized carbons (Fsp3) is 0.625. The molecular weight excluding hydrogens is 350 g/mol. The van der Waals surface area contributed by atoms with E-state index in [2.05, 4.69) is 44.9 Å². The maximum Gasteiger partial charge on any atom is 0.311 e. The Morgan fingerprint density at radius 1 is 1.39 bits per heavy atom. The van der Waals surface area contributed by atoms with Crippen LogP contribution in [0.15, 0.2) is 46.1 Å². The zero-order valence-electron chi connectivity index (χ0n) is 17.6. The van der Waals surface area contributed by atoms with E-state index in [0.717, 1.165) is 44.4 Å². The van der Waals surface area contributed by atoms with E-state index < -0.39 is 0 Å². The maximum atomic E-state index is 12.7. The van der Waals surface area contributed by atoms with Gasteiger partial charge in [-0.1, -0.05) is 24.6 Å². The molecule has 28 heavy (non-hydrogen) atoms. The van der Waals surface area contributed by atoms with E-state index in [0.29, 0.717) is 6.04 Å². The van der Waals surface area contributed by atoms with Crippen LogP contribution in [0, 0.1) is 17.3 Å². The summed E-state index contributed by atoms with van der Waals surface area (Å²) >= 11 is 0. The Labute approximate surface area is 168 Å². The molecule has 2 heterocycles. The van der Waals surface area contributed by atoms with Crippen molar-refractivity contribution in [3.8, 4) is 0 Å². The highest BCUT2D eigenvalue weighted by molar-refractivity contribution is 5.76. The Bertz CT molecular complexity index is 778. The summed E-state index contributed by atoms with van der Waals surface area (Å²) in [4.78, 5) is 15.0. The summed E-state index contributed by atoms with van der Waals surface area (Å²) in [5.41, 5.74) is 3.01. The molecular formula is C24H33NO3. The zero-order chi connectivity index (χ0) is 19.9. The summed E-state index contributed by atoms with van der Waals surface area (Å²) in [6.45, 7) is 7.54. The monoisotopic (exact) mass is 383 g/mol. The standard InChI is InChI=1S/C24H33NO3/c1-16-7-5-11-24(3)14-22-19(13-21(16)24)20(23(26)28-22)15-25(4)17(2)9-10-18-8-6-12-27-18/h6-8,12-13,17,19-20,22H,5,9-11,14-15H2,1-4H3. The van der Waals surface area contributed by atoms with Gasteiger partial charge in [0.05, 0.1) is 12.2 Å². The highest BCUT2D eigenvalue weighted by Gasteiger charge is 2.51. The first-order valence-electron chi connectivity index (χ1n) is 10.7. The van der Waals surface area contributed by atoms with E-state index in [1.807, 2.05) is 12.1 Å². The quantitative estimate of drug-likeness (QED) is 0.664. The minimum absolute atomic E-state index is 0.0131. The molecule has 4 heteroatoms. The minimum atomic E-state index is -0.0622. The Morgan fingerprint density at radius 3 is 2.96 bits per heavy atom. The van der Waals surface area contributed by atoms with E-state index in [-0.39, 0.29) is 29.3 Å². The van der Waals surface area contributed by atoms with Crippen LogP contribution in [0.2, 0.25) is 0 Å². The summed E-state index contributed by atoms with van der Waals surface area (Å²) in [7, 11) is 2.12. The van der Waals surface area contributed by atoms with Crippen molar-refractivity contribution in [2.45, 2.75) is 65.0 Å². The first-order chi connectivity index (χ1) is 13.4. The summed E-state index contributed by atoms with van der Waals surface area (Å²) < 4.78 is 11.3. The van der Waals surface area contributed by atoms with Crippen LogP contribution in [0.4, 0.5) is 0 Å². The zero-order valence-corrected chi connectivity index (χ0v) is 17.6. The maximum absolute atomic E-state index is 12.7. The summed E-state index contributed by atoms with van der Waals surface area (Å²) in [5, 5.41) is 0. The van der Waals surface area contributed by atoms with Crippen molar-refractivity contribution in [3.05, 3.63) is 47.5 Å². The molecule has 4 rings (SSSR count). The van der Waals surface area contributed by atoms with Crippen molar-refractivity contribution in [1.29, 1.82) is 0 Å². The molecule has 5 unspecified atom stereocenters. The van der Waals surface area contributed by atoms with Crippen LogP contribution in [-0.4, -0.2) is 36.6 Å². The molecule has 1 fully saturated rings. The number of furan rings is 1. The van der Waals surface area contributed by atoms with Gasteiger partial charge in [-0.15, -0.1) is 0 Å². The van der Waals surface area contributed by atoms with Crippen molar-refractivity contribution in [2.75, 3.05) is 13.6 Å². The molecule has 1 saturated heterocycles. The fourth-order valence-electron chi connectivity index (χ4n) is 5.35. The summed E-state index contributed by atoms with van der Waals surface area (Å²) in [6.07, 6.45) is 11.7. The number of nitrogens with zero attached hydrogens (tertiary/aromatic N) is 1. The second-order valence-corrected chi connectivity index (χ2v) is 9.34. The number of allylic oxidation sites excluding steroid dienone is 3. The number of ether oxygens (including phenoxy) is 1. The number of hydrogen-bond donors (Lipinski definition) is 0.